The summed E-state index contributed by atoms with van der Waals surface area (Å²) in [6.45, 7) is 3.65. The molecule has 0 saturated heterocycles. The van der Waals surface area contributed by atoms with E-state index in [1.165, 1.54) is 167 Å². The SMILES string of the molecule is CCCCCCCCC/C=C/C/C=C/C/C=C/C/C=C/CCCC(=O)O[C@H](COC(=O)CCC/C=C/CCCCCCCCCCCCCCCCCCCC)COP(=O)(O)O. The van der Waals surface area contributed by atoms with E-state index < -0.39 is 32.5 Å². The average Bonchev–Trinajstić information content (AvgIpc) is 3.25. The van der Waals surface area contributed by atoms with Crippen LogP contribution in [0.5, 0.6) is 0 Å². The Kier molecular flexibility index (Phi) is 46.5. The molecule has 0 aliphatic carbocycles. The molecule has 9 heteroatoms. The minimum atomic E-state index is -4.78. The van der Waals surface area contributed by atoms with Crippen molar-refractivity contribution >= 4 is 19.8 Å². The fourth-order valence-electron chi connectivity index (χ4n) is 7.20. The number of esters is 2. The minimum absolute atomic E-state index is 0.130. The van der Waals surface area contributed by atoms with Gasteiger partial charge in [0.25, 0.3) is 0 Å². The van der Waals surface area contributed by atoms with Gasteiger partial charge in [-0.2, -0.15) is 0 Å². The lowest BCUT2D eigenvalue weighted by Crippen LogP contribution is -2.29. The van der Waals surface area contributed by atoms with E-state index >= 15 is 0 Å². The first kappa shape index (κ1) is 59.8. The zero-order valence-corrected chi connectivity index (χ0v) is 40.9. The van der Waals surface area contributed by atoms with E-state index in [2.05, 4.69) is 73.1 Å². The van der Waals surface area contributed by atoms with Crippen LogP contribution in [0.1, 0.15) is 245 Å². The molecule has 0 aliphatic heterocycles. The lowest BCUT2D eigenvalue weighted by atomic mass is 10.0. The molecule has 0 amide bonds. The highest BCUT2D eigenvalue weighted by Gasteiger charge is 2.22. The molecule has 0 unspecified atom stereocenters. The summed E-state index contributed by atoms with van der Waals surface area (Å²) in [6, 6.07) is 0. The van der Waals surface area contributed by atoms with Crippen LogP contribution >= 0.6 is 7.82 Å². The second-order valence-corrected chi connectivity index (χ2v) is 18.4. The monoisotopic (exact) mass is 891 g/mol. The predicted molar refractivity (Wildman–Crippen MR) is 262 cm³/mol. The summed E-state index contributed by atoms with van der Waals surface area (Å²) in [5, 5.41) is 0. The van der Waals surface area contributed by atoms with Crippen LogP contribution in [0, 0.1) is 0 Å². The second kappa shape index (κ2) is 48.2. The third-order valence-corrected chi connectivity index (χ3v) is 11.5. The van der Waals surface area contributed by atoms with Crippen molar-refractivity contribution in [3.05, 3.63) is 60.8 Å². The quantitative estimate of drug-likeness (QED) is 0.0268. The molecule has 0 spiro atoms. The van der Waals surface area contributed by atoms with Crippen molar-refractivity contribution in [2.75, 3.05) is 13.2 Å². The molecule has 0 aromatic rings. The highest BCUT2D eigenvalue weighted by Crippen LogP contribution is 2.36. The van der Waals surface area contributed by atoms with Gasteiger partial charge in [-0.25, -0.2) is 4.57 Å². The number of hydrogen-bond donors (Lipinski definition) is 2. The van der Waals surface area contributed by atoms with Gasteiger partial charge in [0.1, 0.15) is 6.61 Å². The lowest BCUT2D eigenvalue weighted by Gasteiger charge is -2.18. The van der Waals surface area contributed by atoms with Gasteiger partial charge in [-0.1, -0.05) is 222 Å². The number of phosphoric acid groups is 1. The average molecular weight is 891 g/mol. The molecule has 0 heterocycles. The summed E-state index contributed by atoms with van der Waals surface area (Å²) in [4.78, 5) is 43.0. The van der Waals surface area contributed by atoms with Gasteiger partial charge in [-0.05, 0) is 70.6 Å². The van der Waals surface area contributed by atoms with Gasteiger partial charge in [-0.3, -0.25) is 14.1 Å². The number of rotatable bonds is 47. The van der Waals surface area contributed by atoms with Gasteiger partial charge in [0.05, 0.1) is 6.61 Å². The van der Waals surface area contributed by atoms with E-state index in [0.29, 0.717) is 19.3 Å². The van der Waals surface area contributed by atoms with Gasteiger partial charge in [-0.15, -0.1) is 0 Å². The van der Waals surface area contributed by atoms with Gasteiger partial charge in [0.2, 0.25) is 0 Å². The Labute approximate surface area is 381 Å². The summed E-state index contributed by atoms with van der Waals surface area (Å²) in [5.74, 6) is -0.983. The van der Waals surface area contributed by atoms with E-state index in [1.807, 2.05) is 6.08 Å². The molecular formula is C53H95O8P. The molecule has 0 aromatic heterocycles. The van der Waals surface area contributed by atoms with Gasteiger partial charge < -0.3 is 19.3 Å². The topological polar surface area (TPSA) is 119 Å². The molecule has 360 valence electrons. The molecular weight excluding hydrogens is 796 g/mol. The Morgan fingerprint density at radius 3 is 1.10 bits per heavy atom. The summed E-state index contributed by atoms with van der Waals surface area (Å²) < 4.78 is 26.4. The molecule has 1 atom stereocenters. The van der Waals surface area contributed by atoms with Gasteiger partial charge in [0, 0.05) is 12.8 Å². The first-order valence-electron chi connectivity index (χ1n) is 25.6. The fourth-order valence-corrected chi connectivity index (χ4v) is 7.56. The predicted octanol–water partition coefficient (Wildman–Crippen LogP) is 16.4. The van der Waals surface area contributed by atoms with Crippen LogP contribution in [0.3, 0.4) is 0 Å². The van der Waals surface area contributed by atoms with Crippen molar-refractivity contribution in [1.29, 1.82) is 0 Å². The highest BCUT2D eigenvalue weighted by molar-refractivity contribution is 7.46. The molecule has 0 bridgehead atoms. The number of allylic oxidation sites excluding steroid dienone is 10. The molecule has 0 radical (unpaired) electrons. The van der Waals surface area contributed by atoms with Crippen LogP contribution in [0.4, 0.5) is 0 Å². The van der Waals surface area contributed by atoms with Crippen molar-refractivity contribution in [1.82, 2.24) is 0 Å². The zero-order valence-electron chi connectivity index (χ0n) is 40.0. The van der Waals surface area contributed by atoms with Crippen LogP contribution in [-0.2, 0) is 28.2 Å². The molecule has 2 N–H and O–H groups in total. The standard InChI is InChI=1S/C53H95O8P/c1-3-5-7-9-11-13-15-17-19-21-23-25-26-28-29-31-33-35-37-39-41-43-45-47-52(54)59-49-51(50-60-62(56,57)58)61-53(55)48-46-44-42-40-38-36-34-32-30-27-24-22-20-18-16-14-12-10-8-6-4-2/h20,22,27,30,34,36,39-42,51H,3-19,21,23-26,28-29,31-33,35,37-38,43-50H2,1-2H3,(H2,56,57,58)/b22-20+,30-27+,36-34+,41-39+,42-40+/t51-/m1/s1. The van der Waals surface area contributed by atoms with Crippen LogP contribution in [0.15, 0.2) is 60.8 Å². The first-order chi connectivity index (χ1) is 30.3. The summed E-state index contributed by atoms with van der Waals surface area (Å²) in [5.41, 5.74) is 0. The second-order valence-electron chi connectivity index (χ2n) is 17.1. The molecule has 0 fully saturated rings. The summed E-state index contributed by atoms with van der Waals surface area (Å²) in [7, 11) is -4.78. The minimum Gasteiger partial charge on any atom is -0.462 e. The Hall–Kier alpha value is -2.25. The van der Waals surface area contributed by atoms with Crippen molar-refractivity contribution in [2.45, 2.75) is 251 Å². The fraction of sp³-hybridized carbons (Fsp3) is 0.774. The third kappa shape index (κ3) is 50.4. The van der Waals surface area contributed by atoms with Crippen molar-refractivity contribution in [3.8, 4) is 0 Å². The molecule has 0 rings (SSSR count). The van der Waals surface area contributed by atoms with Crippen molar-refractivity contribution < 1.29 is 37.9 Å². The zero-order chi connectivity index (χ0) is 45.3. The van der Waals surface area contributed by atoms with E-state index in [4.69, 9.17) is 19.3 Å². The Morgan fingerprint density at radius 2 is 0.726 bits per heavy atom. The Balaban J connectivity index is 3.93. The van der Waals surface area contributed by atoms with Gasteiger partial charge >= 0.3 is 19.8 Å². The third-order valence-electron chi connectivity index (χ3n) is 11.0. The van der Waals surface area contributed by atoms with Crippen LogP contribution < -0.4 is 0 Å². The van der Waals surface area contributed by atoms with Crippen molar-refractivity contribution in [3.63, 3.8) is 0 Å². The Bertz CT molecular complexity index is 1190. The summed E-state index contributed by atoms with van der Waals surface area (Å²) in [6.07, 6.45) is 62.6. The molecule has 0 saturated carbocycles. The molecule has 0 aliphatic rings. The Morgan fingerprint density at radius 1 is 0.419 bits per heavy atom. The van der Waals surface area contributed by atoms with E-state index in [1.54, 1.807) is 0 Å². The number of ether oxygens (including phenoxy) is 2. The first-order valence-corrected chi connectivity index (χ1v) is 27.1. The van der Waals surface area contributed by atoms with Crippen LogP contribution in [-0.4, -0.2) is 41.0 Å². The van der Waals surface area contributed by atoms with Crippen LogP contribution in [0.25, 0.3) is 0 Å². The number of hydrogen-bond acceptors (Lipinski definition) is 6. The van der Waals surface area contributed by atoms with E-state index in [-0.39, 0.29) is 19.4 Å². The van der Waals surface area contributed by atoms with Crippen molar-refractivity contribution in [2.24, 2.45) is 0 Å². The lowest BCUT2D eigenvalue weighted by molar-refractivity contribution is -0.161. The normalized spacial score (nSPS) is 12.9. The maximum atomic E-state index is 12.4. The van der Waals surface area contributed by atoms with Crippen LogP contribution in [0.2, 0.25) is 0 Å². The maximum Gasteiger partial charge on any atom is 0.469 e. The molecule has 8 nitrogen and oxygen atoms in total. The highest BCUT2D eigenvalue weighted by atomic mass is 31.2. The van der Waals surface area contributed by atoms with E-state index in [9.17, 15) is 14.2 Å². The molecule has 62 heavy (non-hydrogen) atoms. The maximum absolute atomic E-state index is 12.4. The van der Waals surface area contributed by atoms with Gasteiger partial charge in [0.15, 0.2) is 6.10 Å². The summed E-state index contributed by atoms with van der Waals surface area (Å²) >= 11 is 0. The smallest absolute Gasteiger partial charge is 0.462 e. The number of carbonyl (C=O) groups excluding carboxylic acids is 2. The number of phosphoric ester groups is 1. The number of carbonyl (C=O) groups is 2. The number of unbranched alkanes of at least 4 members (excludes halogenated alkanes) is 27. The molecule has 0 aromatic carbocycles. The largest absolute Gasteiger partial charge is 0.469 e. The van der Waals surface area contributed by atoms with E-state index in [0.717, 1.165) is 32.1 Å².